The van der Waals surface area contributed by atoms with E-state index in [-0.39, 0.29) is 17.9 Å². The average molecular weight is 215 g/mol. The van der Waals surface area contributed by atoms with Crippen molar-refractivity contribution in [2.24, 2.45) is 0 Å². The van der Waals surface area contributed by atoms with E-state index in [1.807, 2.05) is 6.92 Å². The number of nitrogens with one attached hydrogen (secondary N) is 1. The first-order valence-electron chi connectivity index (χ1n) is 4.87. The van der Waals surface area contributed by atoms with Gasteiger partial charge in [-0.05, 0) is 19.4 Å². The monoisotopic (exact) mass is 215 g/mol. The van der Waals surface area contributed by atoms with Gasteiger partial charge in [-0.1, -0.05) is 13.3 Å². The molecular formula is C10H17NO4. The summed E-state index contributed by atoms with van der Waals surface area (Å²) in [6.07, 6.45) is 3.03. The predicted octanol–water partition coefficient (Wildman–Crippen LogP) is 0.908. The second-order valence-corrected chi connectivity index (χ2v) is 3.12. The highest BCUT2D eigenvalue weighted by molar-refractivity contribution is 5.99. The molecule has 0 bridgehead atoms. The summed E-state index contributed by atoms with van der Waals surface area (Å²) in [7, 11) is 0. The third-order valence-electron chi connectivity index (χ3n) is 1.66. The Bertz CT molecular complexity index is 248. The van der Waals surface area contributed by atoms with Crippen LogP contribution in [-0.4, -0.2) is 30.0 Å². The van der Waals surface area contributed by atoms with Gasteiger partial charge in [-0.25, -0.2) is 4.79 Å². The van der Waals surface area contributed by atoms with Crippen molar-refractivity contribution in [3.8, 4) is 0 Å². The Balaban J connectivity index is 3.66. The molecule has 0 aromatic rings. The van der Waals surface area contributed by atoms with Crippen molar-refractivity contribution in [2.75, 3.05) is 13.2 Å². The van der Waals surface area contributed by atoms with Crippen molar-refractivity contribution >= 4 is 11.8 Å². The molecule has 0 heterocycles. The number of ketones is 1. The standard InChI is InChI=1S/C10H17NO4/c1-3-4-5-15-11-7-9(12)6-8(2)10(13)14/h6,11H,3-5,7H2,1-2H3,(H,13,14). The summed E-state index contributed by atoms with van der Waals surface area (Å²) in [5.74, 6) is -1.40. The van der Waals surface area contributed by atoms with E-state index in [4.69, 9.17) is 9.94 Å². The maximum absolute atomic E-state index is 11.1. The Morgan fingerprint density at radius 1 is 1.47 bits per heavy atom. The van der Waals surface area contributed by atoms with Crippen LogP contribution in [0.2, 0.25) is 0 Å². The van der Waals surface area contributed by atoms with Gasteiger partial charge in [0.15, 0.2) is 5.78 Å². The number of hydrogen-bond acceptors (Lipinski definition) is 4. The highest BCUT2D eigenvalue weighted by atomic mass is 16.6. The molecule has 0 atom stereocenters. The summed E-state index contributed by atoms with van der Waals surface area (Å²) in [6, 6.07) is 0. The van der Waals surface area contributed by atoms with E-state index in [1.54, 1.807) is 0 Å². The highest BCUT2D eigenvalue weighted by Gasteiger charge is 2.03. The van der Waals surface area contributed by atoms with Crippen LogP contribution in [0.1, 0.15) is 26.7 Å². The van der Waals surface area contributed by atoms with Gasteiger partial charge in [0.25, 0.3) is 0 Å². The second-order valence-electron chi connectivity index (χ2n) is 3.12. The van der Waals surface area contributed by atoms with Gasteiger partial charge >= 0.3 is 5.97 Å². The van der Waals surface area contributed by atoms with Crippen molar-refractivity contribution in [3.63, 3.8) is 0 Å². The molecule has 0 spiro atoms. The first kappa shape index (κ1) is 13.8. The van der Waals surface area contributed by atoms with Crippen LogP contribution in [-0.2, 0) is 14.4 Å². The Morgan fingerprint density at radius 2 is 2.13 bits per heavy atom. The minimum Gasteiger partial charge on any atom is -0.478 e. The van der Waals surface area contributed by atoms with Crippen molar-refractivity contribution in [1.82, 2.24) is 5.48 Å². The zero-order chi connectivity index (χ0) is 11.7. The number of rotatable bonds is 8. The van der Waals surface area contributed by atoms with E-state index >= 15 is 0 Å². The van der Waals surface area contributed by atoms with Crippen molar-refractivity contribution in [3.05, 3.63) is 11.6 Å². The van der Waals surface area contributed by atoms with Crippen LogP contribution in [0.15, 0.2) is 11.6 Å². The van der Waals surface area contributed by atoms with Gasteiger partial charge < -0.3 is 9.94 Å². The smallest absolute Gasteiger partial charge is 0.331 e. The highest BCUT2D eigenvalue weighted by Crippen LogP contribution is 1.92. The first-order chi connectivity index (χ1) is 7.07. The molecular weight excluding hydrogens is 198 g/mol. The molecule has 0 fully saturated rings. The van der Waals surface area contributed by atoms with Crippen molar-refractivity contribution < 1.29 is 19.5 Å². The van der Waals surface area contributed by atoms with Crippen LogP contribution in [0.3, 0.4) is 0 Å². The zero-order valence-corrected chi connectivity index (χ0v) is 9.08. The SMILES string of the molecule is CCCCONCC(=O)C=C(C)C(=O)O. The van der Waals surface area contributed by atoms with E-state index in [0.717, 1.165) is 18.9 Å². The minimum absolute atomic E-state index is 0.00562. The molecule has 0 aliphatic heterocycles. The average Bonchev–Trinajstić information content (AvgIpc) is 2.17. The maximum atomic E-state index is 11.1. The molecule has 0 aromatic heterocycles. The van der Waals surface area contributed by atoms with E-state index in [2.05, 4.69) is 5.48 Å². The van der Waals surface area contributed by atoms with E-state index in [9.17, 15) is 9.59 Å². The summed E-state index contributed by atoms with van der Waals surface area (Å²) < 4.78 is 0. The zero-order valence-electron chi connectivity index (χ0n) is 9.08. The Kier molecular flexibility index (Phi) is 7.49. The number of unbranched alkanes of at least 4 members (excludes halogenated alkanes) is 1. The number of hydrogen-bond donors (Lipinski definition) is 2. The fraction of sp³-hybridized carbons (Fsp3) is 0.600. The predicted molar refractivity (Wildman–Crippen MR) is 55.3 cm³/mol. The lowest BCUT2D eigenvalue weighted by molar-refractivity contribution is -0.133. The van der Waals surface area contributed by atoms with Crippen LogP contribution in [0, 0.1) is 0 Å². The Morgan fingerprint density at radius 3 is 2.67 bits per heavy atom. The van der Waals surface area contributed by atoms with Crippen LogP contribution in [0.25, 0.3) is 0 Å². The number of carbonyl (C=O) groups is 2. The number of carboxylic acids is 1. The van der Waals surface area contributed by atoms with E-state index < -0.39 is 5.97 Å². The number of carboxylic acid groups (broad SMARTS) is 1. The Labute approximate surface area is 89.1 Å². The molecule has 0 amide bonds. The summed E-state index contributed by atoms with van der Waals surface area (Å²) >= 11 is 0. The van der Waals surface area contributed by atoms with Gasteiger partial charge in [0.05, 0.1) is 13.2 Å². The number of carbonyl (C=O) groups excluding carboxylic acids is 1. The van der Waals surface area contributed by atoms with Gasteiger partial charge in [0.1, 0.15) is 0 Å². The van der Waals surface area contributed by atoms with Crippen LogP contribution >= 0.6 is 0 Å². The molecule has 0 saturated heterocycles. The molecule has 0 unspecified atom stereocenters. The molecule has 0 saturated carbocycles. The number of aliphatic carboxylic acids is 1. The maximum Gasteiger partial charge on any atom is 0.331 e. The topological polar surface area (TPSA) is 75.6 Å². The summed E-state index contributed by atoms with van der Waals surface area (Å²) in [4.78, 5) is 26.4. The molecule has 5 nitrogen and oxygen atoms in total. The second kappa shape index (κ2) is 8.14. The van der Waals surface area contributed by atoms with Gasteiger partial charge in [-0.15, -0.1) is 0 Å². The van der Waals surface area contributed by atoms with Crippen LogP contribution in [0.5, 0.6) is 0 Å². The normalized spacial score (nSPS) is 11.5. The van der Waals surface area contributed by atoms with Gasteiger partial charge in [0.2, 0.25) is 0 Å². The molecule has 2 N–H and O–H groups in total. The third-order valence-corrected chi connectivity index (χ3v) is 1.66. The lowest BCUT2D eigenvalue weighted by atomic mass is 10.2. The fourth-order valence-electron chi connectivity index (χ4n) is 0.765. The molecule has 86 valence electrons. The van der Waals surface area contributed by atoms with Gasteiger partial charge in [0, 0.05) is 5.57 Å². The summed E-state index contributed by atoms with van der Waals surface area (Å²) in [5, 5.41) is 8.50. The van der Waals surface area contributed by atoms with Crippen LogP contribution < -0.4 is 5.48 Å². The molecule has 15 heavy (non-hydrogen) atoms. The largest absolute Gasteiger partial charge is 0.478 e. The summed E-state index contributed by atoms with van der Waals surface area (Å²) in [6.45, 7) is 3.95. The molecule has 0 radical (unpaired) electrons. The van der Waals surface area contributed by atoms with Crippen LogP contribution in [0.4, 0.5) is 0 Å². The van der Waals surface area contributed by atoms with E-state index in [1.165, 1.54) is 6.92 Å². The van der Waals surface area contributed by atoms with Gasteiger partial charge in [-0.2, -0.15) is 5.48 Å². The van der Waals surface area contributed by atoms with Crippen molar-refractivity contribution in [1.29, 1.82) is 0 Å². The van der Waals surface area contributed by atoms with E-state index in [0.29, 0.717) is 6.61 Å². The molecule has 0 aliphatic carbocycles. The fourth-order valence-corrected chi connectivity index (χ4v) is 0.765. The lowest BCUT2D eigenvalue weighted by Crippen LogP contribution is -2.23. The lowest BCUT2D eigenvalue weighted by Gasteiger charge is -2.02. The number of hydroxylamine groups is 1. The van der Waals surface area contributed by atoms with Gasteiger partial charge in [-0.3, -0.25) is 4.79 Å². The quantitative estimate of drug-likeness (QED) is 0.357. The Hall–Kier alpha value is -1.20. The first-order valence-corrected chi connectivity index (χ1v) is 4.87. The van der Waals surface area contributed by atoms with Crippen molar-refractivity contribution in [2.45, 2.75) is 26.7 Å². The minimum atomic E-state index is -1.09. The molecule has 0 rings (SSSR count). The third kappa shape index (κ3) is 7.84. The molecule has 5 heteroatoms. The summed E-state index contributed by atoms with van der Waals surface area (Å²) in [5.41, 5.74) is 2.50. The molecule has 0 aliphatic rings. The molecule has 0 aromatic carbocycles.